The molecule has 4 heterocycles. The minimum atomic E-state index is -0.561. The molecule has 2 N–H and O–H groups in total. The monoisotopic (exact) mass is 441 g/mol. The van der Waals surface area contributed by atoms with E-state index < -0.39 is 5.60 Å². The summed E-state index contributed by atoms with van der Waals surface area (Å²) in [5.74, 6) is 0. The average Bonchev–Trinajstić information content (AvgIpc) is 3.20. The first-order valence-electron chi connectivity index (χ1n) is 10.5. The molecule has 3 aromatic heterocycles. The quantitative estimate of drug-likeness (QED) is 0.591. The maximum absolute atomic E-state index is 12.9. The Morgan fingerprint density at radius 3 is 2.90 bits per heavy atom. The minimum absolute atomic E-state index is 0.168. The molecule has 31 heavy (non-hydrogen) atoms. The molecule has 1 saturated heterocycles. The van der Waals surface area contributed by atoms with E-state index in [1.54, 1.807) is 17.3 Å². The second-order valence-corrected chi connectivity index (χ2v) is 9.20. The summed E-state index contributed by atoms with van der Waals surface area (Å²) >= 11 is 5.44. The smallest absolute Gasteiger partial charge is 0.410 e. The van der Waals surface area contributed by atoms with Crippen LogP contribution in [0.3, 0.4) is 0 Å². The largest absolute Gasteiger partial charge is 0.444 e. The van der Waals surface area contributed by atoms with Crippen molar-refractivity contribution in [2.45, 2.75) is 58.2 Å². The third-order valence-corrected chi connectivity index (χ3v) is 5.73. The fourth-order valence-electron chi connectivity index (χ4n) is 4.07. The van der Waals surface area contributed by atoms with Crippen molar-refractivity contribution in [1.29, 1.82) is 0 Å². The molecule has 9 heteroatoms. The van der Waals surface area contributed by atoms with Crippen LogP contribution in [0, 0.1) is 4.77 Å². The predicted octanol–water partition coefficient (Wildman–Crippen LogP) is 4.29. The number of amides is 1. The van der Waals surface area contributed by atoms with Crippen molar-refractivity contribution in [3.8, 4) is 0 Å². The fraction of sp³-hybridized carbons (Fsp3) is 0.455. The third kappa shape index (κ3) is 4.41. The molecule has 164 valence electrons. The van der Waals surface area contributed by atoms with Gasteiger partial charge in [0, 0.05) is 18.9 Å². The van der Waals surface area contributed by atoms with E-state index in [1.807, 2.05) is 43.5 Å². The molecule has 1 aliphatic rings. The van der Waals surface area contributed by atoms with E-state index in [4.69, 9.17) is 17.0 Å². The van der Waals surface area contributed by atoms with Gasteiger partial charge in [-0.1, -0.05) is 6.07 Å². The summed E-state index contributed by atoms with van der Waals surface area (Å²) in [5.41, 5.74) is 2.20. The zero-order chi connectivity index (χ0) is 22.2. The van der Waals surface area contributed by atoms with Gasteiger partial charge in [-0.2, -0.15) is 0 Å². The number of nitrogens with one attached hydrogen (secondary N) is 2. The summed E-state index contributed by atoms with van der Waals surface area (Å²) in [4.78, 5) is 37.2. The van der Waals surface area contributed by atoms with Gasteiger partial charge in [0.05, 0.1) is 23.8 Å². The van der Waals surface area contributed by atoms with Crippen LogP contribution in [0.1, 0.15) is 57.3 Å². The molecule has 1 fully saturated rings. The summed E-state index contributed by atoms with van der Waals surface area (Å²) in [6.07, 6.45) is 5.93. The number of aromatic nitrogens is 4. The van der Waals surface area contributed by atoms with Gasteiger partial charge in [0.25, 0.3) is 5.56 Å². The van der Waals surface area contributed by atoms with Gasteiger partial charge in [-0.05, 0) is 69.9 Å². The summed E-state index contributed by atoms with van der Waals surface area (Å²) < 4.78 is 7.89. The molecule has 0 bridgehead atoms. The van der Waals surface area contributed by atoms with E-state index in [2.05, 4.69) is 15.0 Å². The standard InChI is InChI=1S/C22H27N5O3S/c1-22(2,3)30-21(29)26-12-5-4-8-15(26)17-14(7-6-10-23-17)13-27-16-9-11-24-18(16)19(28)25-20(27)31/h6-7,9-11,15,24H,4-5,8,12-13H2,1-3H3,(H,25,28,31)/t15-/m1/s1. The molecule has 1 amide bonds. The molecular weight excluding hydrogens is 414 g/mol. The summed E-state index contributed by atoms with van der Waals surface area (Å²) in [7, 11) is 0. The maximum atomic E-state index is 12.9. The number of H-pyrrole nitrogens is 2. The third-order valence-electron chi connectivity index (χ3n) is 5.41. The highest BCUT2D eigenvalue weighted by Gasteiger charge is 2.33. The number of rotatable bonds is 3. The summed E-state index contributed by atoms with van der Waals surface area (Å²) in [6.45, 7) is 6.68. The molecular formula is C22H27N5O3S. The van der Waals surface area contributed by atoms with Crippen molar-refractivity contribution < 1.29 is 9.53 Å². The molecule has 4 rings (SSSR count). The first-order valence-corrected chi connectivity index (χ1v) is 10.9. The Morgan fingerprint density at radius 1 is 1.32 bits per heavy atom. The van der Waals surface area contributed by atoms with Gasteiger partial charge in [-0.15, -0.1) is 0 Å². The Morgan fingerprint density at radius 2 is 2.13 bits per heavy atom. The zero-order valence-electron chi connectivity index (χ0n) is 18.0. The molecule has 0 saturated carbocycles. The van der Waals surface area contributed by atoms with Crippen molar-refractivity contribution in [2.24, 2.45) is 0 Å². The van der Waals surface area contributed by atoms with Gasteiger partial charge in [-0.25, -0.2) is 4.79 Å². The van der Waals surface area contributed by atoms with Gasteiger partial charge in [-0.3, -0.25) is 19.7 Å². The Bertz CT molecular complexity index is 1220. The van der Waals surface area contributed by atoms with Crippen LogP contribution in [0.4, 0.5) is 4.79 Å². The molecule has 1 atom stereocenters. The zero-order valence-corrected chi connectivity index (χ0v) is 18.8. The van der Waals surface area contributed by atoms with Crippen LogP contribution < -0.4 is 5.56 Å². The molecule has 0 unspecified atom stereocenters. The first kappa shape index (κ1) is 21.3. The van der Waals surface area contributed by atoms with Gasteiger partial charge >= 0.3 is 6.09 Å². The lowest BCUT2D eigenvalue weighted by molar-refractivity contribution is 0.00889. The van der Waals surface area contributed by atoms with Crippen molar-refractivity contribution >= 4 is 29.3 Å². The Hall–Kier alpha value is -2.94. The lowest BCUT2D eigenvalue weighted by Crippen LogP contribution is -2.42. The molecule has 0 aromatic carbocycles. The van der Waals surface area contributed by atoms with Crippen LogP contribution in [0.25, 0.3) is 11.0 Å². The Labute approximate surface area is 185 Å². The topological polar surface area (TPSA) is 96.0 Å². The van der Waals surface area contributed by atoms with Gasteiger partial charge in [0.15, 0.2) is 4.77 Å². The molecule has 0 aliphatic carbocycles. The number of carbonyl (C=O) groups is 1. The highest BCUT2D eigenvalue weighted by Crippen LogP contribution is 2.33. The number of carbonyl (C=O) groups excluding carboxylic acids is 1. The number of ether oxygens (including phenoxy) is 1. The van der Waals surface area contributed by atoms with Crippen LogP contribution in [-0.2, 0) is 11.3 Å². The Balaban J connectivity index is 1.72. The Kier molecular flexibility index (Phi) is 5.70. The van der Waals surface area contributed by atoms with E-state index in [9.17, 15) is 9.59 Å². The van der Waals surface area contributed by atoms with Gasteiger partial charge in [0.2, 0.25) is 0 Å². The van der Waals surface area contributed by atoms with Crippen LogP contribution in [0.5, 0.6) is 0 Å². The van der Waals surface area contributed by atoms with Crippen molar-refractivity contribution in [3.05, 3.63) is 57.0 Å². The van der Waals surface area contributed by atoms with Crippen molar-refractivity contribution in [2.75, 3.05) is 6.54 Å². The minimum Gasteiger partial charge on any atom is -0.444 e. The second kappa shape index (κ2) is 8.30. The van der Waals surface area contributed by atoms with Crippen LogP contribution >= 0.6 is 12.2 Å². The SMILES string of the molecule is CC(C)(C)OC(=O)N1CCCC[C@@H]1c1ncccc1Cn1c(=S)[nH]c(=O)c2[nH]ccc21. The molecule has 1 aliphatic heterocycles. The highest BCUT2D eigenvalue weighted by atomic mass is 32.1. The summed E-state index contributed by atoms with van der Waals surface area (Å²) in [6, 6.07) is 5.54. The number of fused-ring (bicyclic) bond motifs is 1. The number of hydrogen-bond donors (Lipinski definition) is 2. The van der Waals surface area contributed by atoms with E-state index >= 15 is 0 Å². The lowest BCUT2D eigenvalue weighted by Gasteiger charge is -2.37. The first-order chi connectivity index (χ1) is 14.7. The highest BCUT2D eigenvalue weighted by molar-refractivity contribution is 7.71. The van der Waals surface area contributed by atoms with E-state index in [0.717, 1.165) is 36.0 Å². The van der Waals surface area contributed by atoms with Crippen molar-refractivity contribution in [1.82, 2.24) is 24.4 Å². The number of likely N-dealkylation sites (tertiary alicyclic amines) is 1. The van der Waals surface area contributed by atoms with Crippen LogP contribution in [0.15, 0.2) is 35.4 Å². The summed E-state index contributed by atoms with van der Waals surface area (Å²) in [5, 5.41) is 0. The molecule has 0 spiro atoms. The predicted molar refractivity (Wildman–Crippen MR) is 121 cm³/mol. The maximum Gasteiger partial charge on any atom is 0.410 e. The average molecular weight is 442 g/mol. The number of aromatic amines is 2. The number of nitrogens with zero attached hydrogens (tertiary/aromatic N) is 3. The van der Waals surface area contributed by atoms with E-state index in [-0.39, 0.29) is 17.7 Å². The molecule has 3 aromatic rings. The van der Waals surface area contributed by atoms with Crippen LogP contribution in [-0.4, -0.2) is 42.7 Å². The lowest BCUT2D eigenvalue weighted by atomic mass is 9.96. The van der Waals surface area contributed by atoms with E-state index in [0.29, 0.717) is 23.4 Å². The van der Waals surface area contributed by atoms with E-state index in [1.165, 1.54) is 0 Å². The second-order valence-electron chi connectivity index (χ2n) is 8.82. The van der Waals surface area contributed by atoms with Crippen molar-refractivity contribution in [3.63, 3.8) is 0 Å². The normalized spacial score (nSPS) is 17.1. The number of hydrogen-bond acceptors (Lipinski definition) is 5. The number of pyridine rings is 1. The van der Waals surface area contributed by atoms with Crippen LogP contribution in [0.2, 0.25) is 0 Å². The fourth-order valence-corrected chi connectivity index (χ4v) is 4.33. The number of piperidine rings is 1. The van der Waals surface area contributed by atoms with Gasteiger partial charge < -0.3 is 14.3 Å². The molecule has 8 nitrogen and oxygen atoms in total. The molecule has 0 radical (unpaired) electrons. The van der Waals surface area contributed by atoms with Gasteiger partial charge in [0.1, 0.15) is 11.1 Å².